The van der Waals surface area contributed by atoms with Gasteiger partial charge in [-0.2, -0.15) is 0 Å². The molecule has 0 spiro atoms. The summed E-state index contributed by atoms with van der Waals surface area (Å²) in [5.41, 5.74) is 1.99. The fourth-order valence-corrected chi connectivity index (χ4v) is 3.46. The lowest BCUT2D eigenvalue weighted by Crippen LogP contribution is -2.37. The number of hydrogen-bond donors (Lipinski definition) is 0. The Morgan fingerprint density at radius 3 is 2.91 bits per heavy atom. The van der Waals surface area contributed by atoms with Gasteiger partial charge in [-0.1, -0.05) is 37.3 Å². The molecule has 1 fully saturated rings. The van der Waals surface area contributed by atoms with Gasteiger partial charge < -0.3 is 4.74 Å². The number of amides is 1. The fourth-order valence-electron chi connectivity index (χ4n) is 2.60. The number of rotatable bonds is 5. The van der Waals surface area contributed by atoms with E-state index < -0.39 is 0 Å². The third kappa shape index (κ3) is 3.36. The van der Waals surface area contributed by atoms with E-state index in [-0.39, 0.29) is 12.0 Å². The second kappa shape index (κ2) is 7.03. The van der Waals surface area contributed by atoms with Crippen molar-refractivity contribution in [2.45, 2.75) is 32.3 Å². The SMILES string of the molecule is CCC(=O)N(C[C@@H]1CCCO1)c1nc(-c2ccccc2)cs1. The average Bonchev–Trinajstić information content (AvgIpc) is 3.24. The van der Waals surface area contributed by atoms with Crippen LogP contribution in [0.2, 0.25) is 0 Å². The predicted octanol–water partition coefficient (Wildman–Crippen LogP) is 3.73. The fraction of sp³-hybridized carbons (Fsp3) is 0.412. The molecule has 0 aliphatic carbocycles. The van der Waals surface area contributed by atoms with Gasteiger partial charge in [0.25, 0.3) is 0 Å². The molecule has 1 aliphatic heterocycles. The molecule has 0 bridgehead atoms. The number of ether oxygens (including phenoxy) is 1. The van der Waals surface area contributed by atoms with Crippen molar-refractivity contribution < 1.29 is 9.53 Å². The van der Waals surface area contributed by atoms with Crippen molar-refractivity contribution >= 4 is 22.4 Å². The van der Waals surface area contributed by atoms with Crippen LogP contribution in [0.3, 0.4) is 0 Å². The minimum absolute atomic E-state index is 0.101. The number of aromatic nitrogens is 1. The Morgan fingerprint density at radius 1 is 1.41 bits per heavy atom. The van der Waals surface area contributed by atoms with Crippen molar-refractivity contribution in [3.05, 3.63) is 35.7 Å². The van der Waals surface area contributed by atoms with Gasteiger partial charge in [0.05, 0.1) is 18.3 Å². The van der Waals surface area contributed by atoms with Crippen molar-refractivity contribution in [1.82, 2.24) is 4.98 Å². The predicted molar refractivity (Wildman–Crippen MR) is 89.2 cm³/mol. The smallest absolute Gasteiger partial charge is 0.228 e. The molecule has 2 aromatic rings. The highest BCUT2D eigenvalue weighted by atomic mass is 32.1. The minimum atomic E-state index is 0.101. The highest BCUT2D eigenvalue weighted by molar-refractivity contribution is 7.14. The van der Waals surface area contributed by atoms with Crippen molar-refractivity contribution in [2.75, 3.05) is 18.1 Å². The molecule has 1 saturated heterocycles. The topological polar surface area (TPSA) is 42.4 Å². The van der Waals surface area contributed by atoms with Gasteiger partial charge in [-0.15, -0.1) is 11.3 Å². The van der Waals surface area contributed by atoms with E-state index in [2.05, 4.69) is 4.98 Å². The summed E-state index contributed by atoms with van der Waals surface area (Å²) in [6.07, 6.45) is 2.71. The van der Waals surface area contributed by atoms with Crippen LogP contribution in [0, 0.1) is 0 Å². The second-order valence-electron chi connectivity index (χ2n) is 5.37. The van der Waals surface area contributed by atoms with E-state index >= 15 is 0 Å². The first-order valence-electron chi connectivity index (χ1n) is 7.71. The van der Waals surface area contributed by atoms with Gasteiger partial charge in [-0.05, 0) is 12.8 Å². The van der Waals surface area contributed by atoms with E-state index in [1.807, 2.05) is 42.6 Å². The van der Waals surface area contributed by atoms with Gasteiger partial charge in [-0.3, -0.25) is 9.69 Å². The first kappa shape index (κ1) is 15.2. The zero-order valence-electron chi connectivity index (χ0n) is 12.7. The lowest BCUT2D eigenvalue weighted by molar-refractivity contribution is -0.118. The Labute approximate surface area is 134 Å². The number of thiazole rings is 1. The monoisotopic (exact) mass is 316 g/mol. The Bertz CT molecular complexity index is 621. The normalized spacial score (nSPS) is 17.6. The third-order valence-electron chi connectivity index (χ3n) is 3.81. The van der Waals surface area contributed by atoms with Crippen LogP contribution in [-0.4, -0.2) is 30.1 Å². The first-order valence-corrected chi connectivity index (χ1v) is 8.59. The molecular formula is C17H20N2O2S. The van der Waals surface area contributed by atoms with Gasteiger partial charge in [0, 0.05) is 24.0 Å². The maximum atomic E-state index is 12.3. The highest BCUT2D eigenvalue weighted by Gasteiger charge is 2.25. The summed E-state index contributed by atoms with van der Waals surface area (Å²) in [5, 5.41) is 2.78. The minimum Gasteiger partial charge on any atom is -0.376 e. The molecule has 0 N–H and O–H groups in total. The molecule has 4 nitrogen and oxygen atoms in total. The number of anilines is 1. The maximum Gasteiger partial charge on any atom is 0.228 e. The molecule has 116 valence electrons. The van der Waals surface area contributed by atoms with Gasteiger partial charge in [0.1, 0.15) is 0 Å². The Hall–Kier alpha value is -1.72. The molecule has 1 aliphatic rings. The summed E-state index contributed by atoms with van der Waals surface area (Å²) in [6.45, 7) is 3.29. The van der Waals surface area contributed by atoms with Gasteiger partial charge in [0.2, 0.25) is 5.91 Å². The van der Waals surface area contributed by atoms with E-state index in [1.54, 1.807) is 4.90 Å². The molecule has 5 heteroatoms. The molecule has 1 aromatic carbocycles. The molecule has 0 radical (unpaired) electrons. The van der Waals surface area contributed by atoms with E-state index in [9.17, 15) is 4.79 Å². The van der Waals surface area contributed by atoms with Crippen molar-refractivity contribution in [2.24, 2.45) is 0 Å². The standard InChI is InChI=1S/C17H20N2O2S/c1-2-16(20)19(11-14-9-6-10-21-14)17-18-15(12-22-17)13-7-4-3-5-8-13/h3-5,7-8,12,14H,2,6,9-11H2,1H3/t14-/m0/s1. The van der Waals surface area contributed by atoms with Crippen LogP contribution < -0.4 is 4.90 Å². The highest BCUT2D eigenvalue weighted by Crippen LogP contribution is 2.28. The van der Waals surface area contributed by atoms with Crippen molar-refractivity contribution in [1.29, 1.82) is 0 Å². The zero-order valence-corrected chi connectivity index (χ0v) is 13.5. The largest absolute Gasteiger partial charge is 0.376 e. The van der Waals surface area contributed by atoms with E-state index in [0.717, 1.165) is 35.8 Å². The first-order chi connectivity index (χ1) is 10.8. The lowest BCUT2D eigenvalue weighted by atomic mass is 10.2. The van der Waals surface area contributed by atoms with Crippen LogP contribution in [0.25, 0.3) is 11.3 Å². The van der Waals surface area contributed by atoms with Crippen LogP contribution in [0.15, 0.2) is 35.7 Å². The maximum absolute atomic E-state index is 12.3. The van der Waals surface area contributed by atoms with Crippen LogP contribution >= 0.6 is 11.3 Å². The van der Waals surface area contributed by atoms with Gasteiger partial charge in [-0.25, -0.2) is 4.98 Å². The van der Waals surface area contributed by atoms with Crippen LogP contribution in [0.1, 0.15) is 26.2 Å². The van der Waals surface area contributed by atoms with Crippen molar-refractivity contribution in [3.8, 4) is 11.3 Å². The van der Waals surface area contributed by atoms with Crippen LogP contribution in [-0.2, 0) is 9.53 Å². The van der Waals surface area contributed by atoms with Gasteiger partial charge in [0.15, 0.2) is 5.13 Å². The summed E-state index contributed by atoms with van der Waals surface area (Å²) in [6, 6.07) is 10.0. The van der Waals surface area contributed by atoms with Crippen molar-refractivity contribution in [3.63, 3.8) is 0 Å². The molecule has 22 heavy (non-hydrogen) atoms. The van der Waals surface area contributed by atoms with Crippen LogP contribution in [0.5, 0.6) is 0 Å². The van der Waals surface area contributed by atoms with Gasteiger partial charge >= 0.3 is 0 Å². The lowest BCUT2D eigenvalue weighted by Gasteiger charge is -2.22. The molecule has 0 unspecified atom stereocenters. The molecule has 3 rings (SSSR count). The number of carbonyl (C=O) groups excluding carboxylic acids is 1. The second-order valence-corrected chi connectivity index (χ2v) is 6.21. The summed E-state index contributed by atoms with van der Waals surface area (Å²) in [7, 11) is 0. The Balaban J connectivity index is 1.81. The van der Waals surface area contributed by atoms with E-state index in [0.29, 0.717) is 13.0 Å². The molecular weight excluding hydrogens is 296 g/mol. The Morgan fingerprint density at radius 2 is 2.23 bits per heavy atom. The molecule has 2 heterocycles. The summed E-state index contributed by atoms with van der Waals surface area (Å²) in [4.78, 5) is 18.7. The molecule has 1 aromatic heterocycles. The number of hydrogen-bond acceptors (Lipinski definition) is 4. The number of carbonyl (C=O) groups is 1. The summed E-state index contributed by atoms with van der Waals surface area (Å²) >= 11 is 1.52. The molecule has 1 amide bonds. The Kier molecular flexibility index (Phi) is 4.85. The number of benzene rings is 1. The molecule has 0 saturated carbocycles. The molecule has 1 atom stereocenters. The summed E-state index contributed by atoms with van der Waals surface area (Å²) < 4.78 is 5.67. The third-order valence-corrected chi connectivity index (χ3v) is 4.67. The zero-order chi connectivity index (χ0) is 15.4. The van der Waals surface area contributed by atoms with E-state index in [1.165, 1.54) is 11.3 Å². The quantitative estimate of drug-likeness (QED) is 0.844. The number of nitrogens with zero attached hydrogens (tertiary/aromatic N) is 2. The summed E-state index contributed by atoms with van der Waals surface area (Å²) in [5.74, 6) is 0.101. The average molecular weight is 316 g/mol. The van der Waals surface area contributed by atoms with E-state index in [4.69, 9.17) is 4.74 Å². The van der Waals surface area contributed by atoms with Crippen LogP contribution in [0.4, 0.5) is 5.13 Å².